The zero-order chi connectivity index (χ0) is 19.6. The molecule has 0 spiro atoms. The molecule has 1 saturated heterocycles. The number of carbonyl (C=O) groups excluding carboxylic acids is 3. The minimum Gasteiger partial charge on any atom is -0.343 e. The molecule has 1 aliphatic rings. The molecule has 3 rings (SSSR count). The number of fused-ring (bicyclic) bond motifs is 1. The number of nitrogens with zero attached hydrogens (tertiary/aromatic N) is 3. The Morgan fingerprint density at radius 1 is 1.22 bits per heavy atom. The summed E-state index contributed by atoms with van der Waals surface area (Å²) >= 11 is 0. The number of likely N-dealkylation sites (N-methyl/N-ethyl adjacent to an activating group) is 1. The zero-order valence-electron chi connectivity index (χ0n) is 15.2. The molecule has 1 aliphatic heterocycles. The van der Waals surface area contributed by atoms with Crippen LogP contribution in [0.3, 0.4) is 0 Å². The van der Waals surface area contributed by atoms with Crippen molar-refractivity contribution < 1.29 is 14.4 Å². The Morgan fingerprint density at radius 2 is 1.93 bits per heavy atom. The second-order valence-electron chi connectivity index (χ2n) is 6.70. The monoisotopic (exact) mass is 364 g/mol. The third kappa shape index (κ3) is 3.22. The highest BCUT2D eigenvalue weighted by atomic mass is 16.2. The first-order valence-corrected chi connectivity index (χ1v) is 8.61. The van der Waals surface area contributed by atoms with Gasteiger partial charge in [-0.05, 0) is 23.3 Å². The van der Waals surface area contributed by atoms with Gasteiger partial charge in [-0.1, -0.05) is 42.5 Å². The van der Waals surface area contributed by atoms with E-state index in [1.807, 2.05) is 48.5 Å². The van der Waals surface area contributed by atoms with Gasteiger partial charge in [0.2, 0.25) is 5.91 Å². The van der Waals surface area contributed by atoms with Crippen LogP contribution < -0.4 is 5.32 Å². The molecule has 0 radical (unpaired) electrons. The Morgan fingerprint density at radius 3 is 2.67 bits per heavy atom. The van der Waals surface area contributed by atoms with E-state index in [0.29, 0.717) is 5.56 Å². The number of carbonyl (C=O) groups is 3. The van der Waals surface area contributed by atoms with Crippen LogP contribution in [0.25, 0.3) is 10.8 Å². The first-order valence-electron chi connectivity index (χ1n) is 8.61. The molecule has 0 aliphatic carbocycles. The molecule has 0 bridgehead atoms. The van der Waals surface area contributed by atoms with Gasteiger partial charge in [0.25, 0.3) is 5.91 Å². The van der Waals surface area contributed by atoms with Crippen molar-refractivity contribution in [3.05, 3.63) is 48.0 Å². The normalized spacial score (nSPS) is 19.1. The van der Waals surface area contributed by atoms with Gasteiger partial charge >= 0.3 is 6.03 Å². The van der Waals surface area contributed by atoms with Gasteiger partial charge in [0.15, 0.2) is 0 Å². The molecule has 2 aromatic rings. The van der Waals surface area contributed by atoms with E-state index < -0.39 is 23.4 Å². The average Bonchev–Trinajstić information content (AvgIpc) is 2.89. The smallest absolute Gasteiger partial charge is 0.325 e. The number of amides is 4. The number of nitrogens with one attached hydrogen (secondary N) is 1. The minimum atomic E-state index is -1.25. The number of nitriles is 1. The van der Waals surface area contributed by atoms with Crippen molar-refractivity contribution in [3.8, 4) is 6.07 Å². The number of hydrogen-bond acceptors (Lipinski definition) is 4. The van der Waals surface area contributed by atoms with Crippen LogP contribution in [0.15, 0.2) is 42.5 Å². The van der Waals surface area contributed by atoms with Crippen LogP contribution in [0.2, 0.25) is 0 Å². The van der Waals surface area contributed by atoms with E-state index in [9.17, 15) is 14.4 Å². The van der Waals surface area contributed by atoms with E-state index in [2.05, 4.69) is 5.32 Å². The molecule has 1 unspecified atom stereocenters. The number of rotatable bonds is 5. The second kappa shape index (κ2) is 7.08. The summed E-state index contributed by atoms with van der Waals surface area (Å²) in [5.41, 5.74) is -0.560. The zero-order valence-corrected chi connectivity index (χ0v) is 15.2. The maximum Gasteiger partial charge on any atom is 0.325 e. The van der Waals surface area contributed by atoms with Crippen molar-refractivity contribution in [2.24, 2.45) is 0 Å². The summed E-state index contributed by atoms with van der Waals surface area (Å²) in [5, 5.41) is 13.2. The van der Waals surface area contributed by atoms with Crippen LogP contribution >= 0.6 is 0 Å². The van der Waals surface area contributed by atoms with Gasteiger partial charge in [-0.25, -0.2) is 4.79 Å². The number of imide groups is 1. The predicted molar refractivity (Wildman–Crippen MR) is 99.4 cm³/mol. The van der Waals surface area contributed by atoms with Crippen LogP contribution in [0, 0.1) is 11.3 Å². The summed E-state index contributed by atoms with van der Waals surface area (Å²) in [5.74, 6) is -0.859. The molecule has 0 saturated carbocycles. The third-order valence-corrected chi connectivity index (χ3v) is 4.88. The lowest BCUT2D eigenvalue weighted by Crippen LogP contribution is -2.43. The van der Waals surface area contributed by atoms with Crippen molar-refractivity contribution in [3.63, 3.8) is 0 Å². The summed E-state index contributed by atoms with van der Waals surface area (Å²) in [7, 11) is 1.54. The fourth-order valence-electron chi connectivity index (χ4n) is 3.28. The van der Waals surface area contributed by atoms with Crippen molar-refractivity contribution in [2.75, 3.05) is 20.1 Å². The molecule has 4 amide bonds. The van der Waals surface area contributed by atoms with Crippen molar-refractivity contribution >= 4 is 28.6 Å². The average molecular weight is 364 g/mol. The summed E-state index contributed by atoms with van der Waals surface area (Å²) in [6, 6.07) is 14.6. The molecule has 1 fully saturated rings. The maximum absolute atomic E-state index is 13.1. The van der Waals surface area contributed by atoms with E-state index in [4.69, 9.17) is 5.26 Å². The molecule has 0 aromatic heterocycles. The molecule has 1 N–H and O–H groups in total. The minimum absolute atomic E-state index is 0.191. The third-order valence-electron chi connectivity index (χ3n) is 4.88. The Kier molecular flexibility index (Phi) is 4.82. The largest absolute Gasteiger partial charge is 0.343 e. The highest BCUT2D eigenvalue weighted by Gasteiger charge is 2.50. The fraction of sp³-hybridized carbons (Fsp3) is 0.300. The van der Waals surface area contributed by atoms with E-state index in [0.717, 1.165) is 15.7 Å². The quantitative estimate of drug-likeness (QED) is 0.821. The number of benzene rings is 2. The van der Waals surface area contributed by atoms with Gasteiger partial charge in [-0.2, -0.15) is 5.26 Å². The Hall–Kier alpha value is -3.40. The maximum atomic E-state index is 13.1. The molecule has 27 heavy (non-hydrogen) atoms. The van der Waals surface area contributed by atoms with Crippen LogP contribution in [0.5, 0.6) is 0 Å². The topological polar surface area (TPSA) is 93.5 Å². The lowest BCUT2D eigenvalue weighted by molar-refractivity contribution is -0.138. The highest BCUT2D eigenvalue weighted by Crippen LogP contribution is 2.33. The summed E-state index contributed by atoms with van der Waals surface area (Å²) in [6.45, 7) is 1.55. The van der Waals surface area contributed by atoms with Crippen LogP contribution in [0.1, 0.15) is 18.9 Å². The van der Waals surface area contributed by atoms with Crippen LogP contribution in [0.4, 0.5) is 4.79 Å². The van der Waals surface area contributed by atoms with Gasteiger partial charge in [0.05, 0.1) is 12.5 Å². The molecule has 138 valence electrons. The number of urea groups is 1. The molecular weight excluding hydrogens is 344 g/mol. The van der Waals surface area contributed by atoms with Crippen LogP contribution in [-0.4, -0.2) is 47.8 Å². The Labute approximate surface area is 157 Å². The van der Waals surface area contributed by atoms with E-state index in [-0.39, 0.29) is 19.5 Å². The van der Waals surface area contributed by atoms with Gasteiger partial charge in [-0.3, -0.25) is 14.5 Å². The lowest BCUT2D eigenvalue weighted by atomic mass is 9.88. The van der Waals surface area contributed by atoms with E-state index in [1.54, 1.807) is 14.0 Å². The fourth-order valence-corrected chi connectivity index (χ4v) is 3.28. The molecule has 7 nitrogen and oxygen atoms in total. The first-order chi connectivity index (χ1) is 12.9. The standard InChI is InChI=1S/C20H20N4O3/c1-20(16-10-5-8-14-7-3-4-9-15(14)16)18(26)24(19(27)22-20)13-17(25)23(2)12-6-11-21/h3-5,7-10H,6,12-13H2,1-2H3,(H,22,27). The van der Waals surface area contributed by atoms with Crippen molar-refractivity contribution in [2.45, 2.75) is 18.9 Å². The van der Waals surface area contributed by atoms with Gasteiger partial charge < -0.3 is 10.2 Å². The van der Waals surface area contributed by atoms with Crippen molar-refractivity contribution in [1.82, 2.24) is 15.1 Å². The van der Waals surface area contributed by atoms with Crippen LogP contribution in [-0.2, 0) is 15.1 Å². The number of hydrogen-bond donors (Lipinski definition) is 1. The highest BCUT2D eigenvalue weighted by molar-refractivity contribution is 6.10. The lowest BCUT2D eigenvalue weighted by Gasteiger charge is -2.24. The second-order valence-corrected chi connectivity index (χ2v) is 6.70. The summed E-state index contributed by atoms with van der Waals surface area (Å²) < 4.78 is 0. The molecule has 7 heteroatoms. The molecule has 1 heterocycles. The van der Waals surface area contributed by atoms with Gasteiger partial charge in [0.1, 0.15) is 12.1 Å². The molecular formula is C20H20N4O3. The molecule has 1 atom stereocenters. The molecule has 2 aromatic carbocycles. The van der Waals surface area contributed by atoms with Gasteiger partial charge in [0, 0.05) is 13.6 Å². The van der Waals surface area contributed by atoms with Crippen molar-refractivity contribution in [1.29, 1.82) is 5.26 Å². The predicted octanol–water partition coefficient (Wildman–Crippen LogP) is 1.98. The van der Waals surface area contributed by atoms with E-state index >= 15 is 0 Å². The summed E-state index contributed by atoms with van der Waals surface area (Å²) in [4.78, 5) is 40.1. The Balaban J connectivity index is 1.89. The van der Waals surface area contributed by atoms with E-state index in [1.165, 1.54) is 4.90 Å². The Bertz CT molecular complexity index is 960. The first kappa shape index (κ1) is 18.4. The van der Waals surface area contributed by atoms with Gasteiger partial charge in [-0.15, -0.1) is 0 Å². The summed E-state index contributed by atoms with van der Waals surface area (Å²) in [6.07, 6.45) is 0.191. The SMILES string of the molecule is CN(CCC#N)C(=O)CN1C(=O)NC(C)(c2cccc3ccccc23)C1=O.